The molecule has 3 amide bonds. The van der Waals surface area contributed by atoms with Crippen molar-refractivity contribution in [1.29, 1.82) is 0 Å². The van der Waals surface area contributed by atoms with Gasteiger partial charge >= 0.3 is 11.9 Å². The van der Waals surface area contributed by atoms with Crippen LogP contribution in [0.3, 0.4) is 0 Å². The Morgan fingerprint density at radius 2 is 1.61 bits per heavy atom. The zero-order valence-corrected chi connectivity index (χ0v) is 33.6. The van der Waals surface area contributed by atoms with Gasteiger partial charge in [-0.1, -0.05) is 50.2 Å². The number of aromatic nitrogens is 1. The smallest absolute Gasteiger partial charge is 0.321 e. The summed E-state index contributed by atoms with van der Waals surface area (Å²) in [6.45, 7) is 7.71. The SMILES string of the molecule is Cc1ccc(F)cc1-c1cc([C@](C)(C(C)C)N(CC[C@H](N)C(=O)NCCOCCNC(=O)C(CC(=O)O)SC[C@H](N)C(=O)O)C(=O)CO)n(Cc2ccccc2)c1. The van der Waals surface area contributed by atoms with E-state index in [4.69, 9.17) is 26.4 Å². The number of amides is 3. The standard InChI is InChI=1S/C40H55FN6O9S/c1-25(2)40(4,34-18-28(30-19-29(41)11-10-26(30)3)22-46(34)21-27-8-6-5-7-9-27)47(35(49)23-48)15-12-31(42)37(52)44-13-16-56-17-14-45-38(53)33(20-36(50)51)57-24-32(43)39(54)55/h5-11,18-19,22,25,31-33,48H,12-17,20-21,23-24,42-43H2,1-4H3,(H,44,52)(H,45,53)(H,50,51)(H,54,55)/t31-,32-,33?,40-/m0/s1. The van der Waals surface area contributed by atoms with Crippen LogP contribution in [0.25, 0.3) is 11.1 Å². The molecule has 0 aliphatic rings. The Hall–Kier alpha value is -4.81. The van der Waals surface area contributed by atoms with Crippen LogP contribution in [-0.2, 0) is 40.8 Å². The average Bonchev–Trinajstić information content (AvgIpc) is 3.60. The van der Waals surface area contributed by atoms with Gasteiger partial charge in [-0.15, -0.1) is 11.8 Å². The van der Waals surface area contributed by atoms with E-state index < -0.39 is 65.6 Å². The molecule has 3 rings (SSSR count). The number of nitrogens with zero attached hydrogens (tertiary/aromatic N) is 2. The van der Waals surface area contributed by atoms with Crippen LogP contribution >= 0.6 is 11.8 Å². The highest BCUT2D eigenvalue weighted by molar-refractivity contribution is 8.00. The van der Waals surface area contributed by atoms with Crippen LogP contribution in [0.5, 0.6) is 0 Å². The summed E-state index contributed by atoms with van der Waals surface area (Å²) in [6.07, 6.45) is 1.49. The van der Waals surface area contributed by atoms with Gasteiger partial charge in [-0.25, -0.2) is 4.39 Å². The van der Waals surface area contributed by atoms with E-state index in [9.17, 15) is 33.5 Å². The third kappa shape index (κ3) is 13.4. The van der Waals surface area contributed by atoms with Crippen molar-refractivity contribution in [1.82, 2.24) is 20.1 Å². The van der Waals surface area contributed by atoms with Gasteiger partial charge in [0, 0.05) is 49.4 Å². The molecule has 17 heteroatoms. The van der Waals surface area contributed by atoms with E-state index in [1.165, 1.54) is 12.1 Å². The monoisotopic (exact) mass is 814 g/mol. The summed E-state index contributed by atoms with van der Waals surface area (Å²) in [7, 11) is 0. The lowest BCUT2D eigenvalue weighted by molar-refractivity contribution is -0.144. The Morgan fingerprint density at radius 3 is 2.21 bits per heavy atom. The molecule has 0 bridgehead atoms. The van der Waals surface area contributed by atoms with Crippen LogP contribution in [0, 0.1) is 18.7 Å². The van der Waals surface area contributed by atoms with Gasteiger partial charge in [0.05, 0.1) is 36.5 Å². The number of hydrogen-bond donors (Lipinski definition) is 7. The molecule has 15 nitrogen and oxygen atoms in total. The highest BCUT2D eigenvalue weighted by Gasteiger charge is 2.42. The number of rotatable bonds is 24. The Kier molecular flexibility index (Phi) is 18.1. The fourth-order valence-corrected chi connectivity index (χ4v) is 7.35. The molecule has 57 heavy (non-hydrogen) atoms. The van der Waals surface area contributed by atoms with Crippen LogP contribution in [0.1, 0.15) is 50.4 Å². The minimum absolute atomic E-state index is 0.0348. The highest BCUT2D eigenvalue weighted by Crippen LogP contribution is 2.40. The van der Waals surface area contributed by atoms with E-state index in [2.05, 4.69) is 10.6 Å². The average molecular weight is 815 g/mol. The second-order valence-electron chi connectivity index (χ2n) is 14.1. The fourth-order valence-electron chi connectivity index (χ4n) is 6.27. The molecule has 4 atom stereocenters. The van der Waals surface area contributed by atoms with Gasteiger partial charge in [0.15, 0.2) is 0 Å². The predicted molar refractivity (Wildman–Crippen MR) is 215 cm³/mol. The second kappa shape index (κ2) is 22.2. The van der Waals surface area contributed by atoms with Crippen molar-refractivity contribution in [2.24, 2.45) is 17.4 Å². The zero-order chi connectivity index (χ0) is 42.3. The molecule has 0 aliphatic carbocycles. The van der Waals surface area contributed by atoms with Gasteiger partial charge in [0.25, 0.3) is 0 Å². The molecule has 3 aromatic rings. The first-order chi connectivity index (χ1) is 27.0. The number of halogens is 1. The van der Waals surface area contributed by atoms with E-state index in [-0.39, 0.29) is 56.8 Å². The maximum atomic E-state index is 14.5. The molecule has 2 aromatic carbocycles. The molecule has 1 unspecified atom stereocenters. The first kappa shape index (κ1) is 46.6. The quantitative estimate of drug-likeness (QED) is 0.0645. The first-order valence-electron chi connectivity index (χ1n) is 18.6. The number of carboxylic acid groups (broad SMARTS) is 2. The molecule has 1 heterocycles. The normalized spacial score (nSPS) is 14.0. The number of aliphatic hydroxyl groups is 1. The predicted octanol–water partition coefficient (Wildman–Crippen LogP) is 2.30. The number of benzene rings is 2. The van der Waals surface area contributed by atoms with E-state index in [0.717, 1.165) is 34.1 Å². The van der Waals surface area contributed by atoms with Gasteiger partial charge in [-0.05, 0) is 61.1 Å². The number of nitrogens with one attached hydrogen (secondary N) is 2. The lowest BCUT2D eigenvalue weighted by atomic mass is 9.82. The number of carboxylic acids is 2. The number of carbonyl (C=O) groups excluding carboxylic acids is 3. The van der Waals surface area contributed by atoms with Crippen LogP contribution in [0.4, 0.5) is 4.39 Å². The first-order valence-corrected chi connectivity index (χ1v) is 19.7. The van der Waals surface area contributed by atoms with E-state index in [1.807, 2.05) is 74.9 Å². The highest BCUT2D eigenvalue weighted by atomic mass is 32.2. The van der Waals surface area contributed by atoms with E-state index in [0.29, 0.717) is 12.1 Å². The summed E-state index contributed by atoms with van der Waals surface area (Å²) >= 11 is 0.838. The number of carbonyl (C=O) groups is 5. The van der Waals surface area contributed by atoms with Crippen molar-refractivity contribution in [2.45, 2.75) is 70.0 Å². The fraction of sp³-hybridized carbons (Fsp3) is 0.475. The Bertz CT molecular complexity index is 1830. The van der Waals surface area contributed by atoms with Crippen LogP contribution < -0.4 is 22.1 Å². The summed E-state index contributed by atoms with van der Waals surface area (Å²) < 4.78 is 22.0. The lowest BCUT2D eigenvalue weighted by Gasteiger charge is -2.45. The third-order valence-corrected chi connectivity index (χ3v) is 11.1. The minimum atomic E-state index is -1.26. The van der Waals surface area contributed by atoms with Gasteiger partial charge in [0.1, 0.15) is 18.5 Å². The number of hydrogen-bond acceptors (Lipinski definition) is 10. The third-order valence-electron chi connectivity index (χ3n) is 9.78. The number of ether oxygens (including phenoxy) is 1. The Labute approximate surface area is 336 Å². The van der Waals surface area contributed by atoms with Gasteiger partial charge < -0.3 is 51.6 Å². The molecule has 1 aromatic heterocycles. The van der Waals surface area contributed by atoms with Crippen molar-refractivity contribution in [2.75, 3.05) is 45.2 Å². The number of aryl methyl sites for hydroxylation is 1. The Morgan fingerprint density at radius 1 is 0.965 bits per heavy atom. The number of nitrogens with two attached hydrogens (primary N) is 2. The van der Waals surface area contributed by atoms with E-state index in [1.54, 1.807) is 11.0 Å². The molecule has 0 fully saturated rings. The largest absolute Gasteiger partial charge is 0.481 e. The molecule has 0 saturated heterocycles. The number of aliphatic carboxylic acids is 2. The van der Waals surface area contributed by atoms with E-state index >= 15 is 0 Å². The van der Waals surface area contributed by atoms with Crippen molar-refractivity contribution >= 4 is 41.4 Å². The topological polar surface area (TPSA) is 240 Å². The summed E-state index contributed by atoms with van der Waals surface area (Å²) in [4.78, 5) is 62.7. The maximum absolute atomic E-state index is 14.5. The summed E-state index contributed by atoms with van der Waals surface area (Å²) in [6, 6.07) is 14.1. The van der Waals surface area contributed by atoms with Crippen LogP contribution in [0.2, 0.25) is 0 Å². The van der Waals surface area contributed by atoms with Gasteiger partial charge in [0.2, 0.25) is 17.7 Å². The molecule has 0 saturated carbocycles. The van der Waals surface area contributed by atoms with Crippen molar-refractivity contribution in [3.63, 3.8) is 0 Å². The molecule has 312 valence electrons. The van der Waals surface area contributed by atoms with Crippen molar-refractivity contribution in [3.8, 4) is 11.1 Å². The molecule has 0 radical (unpaired) electrons. The lowest BCUT2D eigenvalue weighted by Crippen LogP contribution is -2.54. The molecular weight excluding hydrogens is 760 g/mol. The molecular formula is C40H55FN6O9S. The minimum Gasteiger partial charge on any atom is -0.481 e. The summed E-state index contributed by atoms with van der Waals surface area (Å²) in [5.74, 6) is -4.83. The zero-order valence-electron chi connectivity index (χ0n) is 32.8. The number of aliphatic hydroxyl groups excluding tert-OH is 1. The molecule has 0 aliphatic heterocycles. The van der Waals surface area contributed by atoms with Gasteiger partial charge in [-0.2, -0.15) is 0 Å². The van der Waals surface area contributed by atoms with Crippen molar-refractivity contribution < 1.29 is 48.4 Å². The van der Waals surface area contributed by atoms with Gasteiger partial charge in [-0.3, -0.25) is 24.0 Å². The van der Waals surface area contributed by atoms with Crippen LogP contribution in [0.15, 0.2) is 60.8 Å². The maximum Gasteiger partial charge on any atom is 0.321 e. The molecule has 0 spiro atoms. The summed E-state index contributed by atoms with van der Waals surface area (Å²) in [5.41, 5.74) is 14.9. The number of thioether (sulfide) groups is 1. The Balaban J connectivity index is 1.65. The molecule has 9 N–H and O–H groups in total. The van der Waals surface area contributed by atoms with Crippen LogP contribution in [-0.4, -0.2) is 117 Å². The summed E-state index contributed by atoms with van der Waals surface area (Å²) in [5, 5.41) is 32.4. The second-order valence-corrected chi connectivity index (χ2v) is 15.4. The van der Waals surface area contributed by atoms with Crippen molar-refractivity contribution in [3.05, 3.63) is 83.4 Å².